The zero-order valence-corrected chi connectivity index (χ0v) is 11.2. The van der Waals surface area contributed by atoms with Crippen LogP contribution in [0.3, 0.4) is 0 Å². The van der Waals surface area contributed by atoms with Crippen LogP contribution in [-0.4, -0.2) is 28.2 Å². The van der Waals surface area contributed by atoms with E-state index in [-0.39, 0.29) is 11.8 Å². The molecule has 0 saturated carbocycles. The highest BCUT2D eigenvalue weighted by Gasteiger charge is 2.20. The predicted molar refractivity (Wildman–Crippen MR) is 75.6 cm³/mol. The van der Waals surface area contributed by atoms with Crippen molar-refractivity contribution < 1.29 is 9.59 Å². The Hall–Kier alpha value is -2.36. The van der Waals surface area contributed by atoms with E-state index in [0.717, 1.165) is 0 Å². The summed E-state index contributed by atoms with van der Waals surface area (Å²) >= 11 is 0. The SMILES string of the molecule is C=CN1C=CC=CC(C)=C1.CCN1C(=O)C=CC1=O. The van der Waals surface area contributed by atoms with E-state index in [2.05, 4.69) is 19.6 Å². The second-order valence-corrected chi connectivity index (χ2v) is 3.96. The lowest BCUT2D eigenvalue weighted by atomic mass is 10.3. The molecule has 0 aromatic carbocycles. The van der Waals surface area contributed by atoms with Gasteiger partial charge in [-0.2, -0.15) is 0 Å². The maximum atomic E-state index is 10.6. The summed E-state index contributed by atoms with van der Waals surface area (Å²) in [5.74, 6) is -0.412. The molecule has 4 nitrogen and oxygen atoms in total. The van der Waals surface area contributed by atoms with Crippen molar-refractivity contribution in [2.24, 2.45) is 0 Å². The lowest BCUT2D eigenvalue weighted by Gasteiger charge is -2.08. The van der Waals surface area contributed by atoms with Gasteiger partial charge in [0, 0.05) is 37.3 Å². The summed E-state index contributed by atoms with van der Waals surface area (Å²) < 4.78 is 0. The van der Waals surface area contributed by atoms with E-state index in [4.69, 9.17) is 0 Å². The molecule has 0 N–H and O–H groups in total. The number of nitrogens with zero attached hydrogens (tertiary/aromatic N) is 2. The van der Waals surface area contributed by atoms with Crippen molar-refractivity contribution >= 4 is 11.8 Å². The monoisotopic (exact) mass is 258 g/mol. The van der Waals surface area contributed by atoms with E-state index < -0.39 is 0 Å². The minimum atomic E-state index is -0.206. The molecule has 19 heavy (non-hydrogen) atoms. The molecular formula is C15H18N2O2. The van der Waals surface area contributed by atoms with Gasteiger partial charge in [0.25, 0.3) is 11.8 Å². The Morgan fingerprint density at radius 1 is 1.16 bits per heavy atom. The normalized spacial score (nSPS) is 17.1. The quantitative estimate of drug-likeness (QED) is 0.714. The molecule has 0 bridgehead atoms. The molecule has 0 saturated heterocycles. The third-order valence-electron chi connectivity index (χ3n) is 2.51. The number of carbonyl (C=O) groups excluding carboxylic acids is 2. The lowest BCUT2D eigenvalue weighted by molar-refractivity contribution is -0.136. The number of hydrogen-bond donors (Lipinski definition) is 0. The highest BCUT2D eigenvalue weighted by Crippen LogP contribution is 2.04. The van der Waals surface area contributed by atoms with Crippen molar-refractivity contribution in [1.82, 2.24) is 9.80 Å². The Bertz CT molecular complexity index is 466. The van der Waals surface area contributed by atoms with Crippen LogP contribution in [0.25, 0.3) is 0 Å². The average Bonchev–Trinajstić information content (AvgIpc) is 2.60. The number of rotatable bonds is 2. The summed E-state index contributed by atoms with van der Waals surface area (Å²) in [5, 5.41) is 0. The van der Waals surface area contributed by atoms with E-state index in [9.17, 15) is 9.59 Å². The molecule has 0 aliphatic carbocycles. The second-order valence-electron chi connectivity index (χ2n) is 3.96. The first-order valence-electron chi connectivity index (χ1n) is 6.05. The number of imide groups is 1. The third kappa shape index (κ3) is 4.43. The highest BCUT2D eigenvalue weighted by atomic mass is 16.2. The molecule has 2 heterocycles. The van der Waals surface area contributed by atoms with Crippen LogP contribution in [0.15, 0.2) is 61.1 Å². The van der Waals surface area contributed by atoms with Gasteiger partial charge >= 0.3 is 0 Å². The first-order valence-corrected chi connectivity index (χ1v) is 6.05. The molecule has 0 fully saturated rings. The Balaban J connectivity index is 0.000000191. The smallest absolute Gasteiger partial charge is 0.253 e. The van der Waals surface area contributed by atoms with Crippen molar-refractivity contribution in [1.29, 1.82) is 0 Å². The maximum absolute atomic E-state index is 10.6. The van der Waals surface area contributed by atoms with Gasteiger partial charge in [0.1, 0.15) is 0 Å². The van der Waals surface area contributed by atoms with Crippen LogP contribution in [0.2, 0.25) is 0 Å². The summed E-state index contributed by atoms with van der Waals surface area (Å²) in [6, 6.07) is 0. The molecule has 0 spiro atoms. The van der Waals surface area contributed by atoms with Gasteiger partial charge in [-0.05, 0) is 25.5 Å². The van der Waals surface area contributed by atoms with Gasteiger partial charge < -0.3 is 4.90 Å². The number of likely N-dealkylation sites (N-methyl/N-ethyl adjacent to an activating group) is 1. The van der Waals surface area contributed by atoms with Crippen LogP contribution in [0.1, 0.15) is 13.8 Å². The summed E-state index contributed by atoms with van der Waals surface area (Å²) in [6.45, 7) is 7.95. The first kappa shape index (κ1) is 14.7. The van der Waals surface area contributed by atoms with Gasteiger partial charge in [0.05, 0.1) is 0 Å². The molecule has 4 heteroatoms. The number of allylic oxidation sites excluding steroid dienone is 4. The molecule has 0 atom stereocenters. The summed E-state index contributed by atoms with van der Waals surface area (Å²) in [7, 11) is 0. The van der Waals surface area contributed by atoms with E-state index in [1.807, 2.05) is 29.5 Å². The lowest BCUT2D eigenvalue weighted by Crippen LogP contribution is -2.29. The highest BCUT2D eigenvalue weighted by molar-refractivity contribution is 6.12. The Morgan fingerprint density at radius 2 is 1.79 bits per heavy atom. The Kier molecular flexibility index (Phi) is 5.54. The van der Waals surface area contributed by atoms with Crippen LogP contribution in [-0.2, 0) is 9.59 Å². The molecule has 2 rings (SSSR count). The maximum Gasteiger partial charge on any atom is 0.253 e. The topological polar surface area (TPSA) is 40.6 Å². The van der Waals surface area contributed by atoms with Crippen molar-refractivity contribution in [3.05, 3.63) is 61.1 Å². The zero-order valence-electron chi connectivity index (χ0n) is 11.2. The van der Waals surface area contributed by atoms with Gasteiger partial charge in [0.15, 0.2) is 0 Å². The summed E-state index contributed by atoms with van der Waals surface area (Å²) in [5.41, 5.74) is 1.23. The largest absolute Gasteiger partial charge is 0.331 e. The van der Waals surface area contributed by atoms with Crippen molar-refractivity contribution in [2.45, 2.75) is 13.8 Å². The van der Waals surface area contributed by atoms with E-state index in [1.165, 1.54) is 22.6 Å². The fourth-order valence-corrected chi connectivity index (χ4v) is 1.53. The van der Waals surface area contributed by atoms with Gasteiger partial charge in [-0.1, -0.05) is 18.7 Å². The standard InChI is InChI=1S/C9H11N.C6H7NO2/c1-3-10-7-5-4-6-9(2)8-10;1-2-7-5(8)3-4-6(7)9/h3-8H,1H2,2H3;3-4H,2H2,1H3. The average molecular weight is 258 g/mol. The molecule has 0 radical (unpaired) electrons. The van der Waals surface area contributed by atoms with Gasteiger partial charge in [-0.3, -0.25) is 14.5 Å². The minimum absolute atomic E-state index is 0.206. The molecule has 2 amide bonds. The van der Waals surface area contributed by atoms with Crippen LogP contribution in [0.5, 0.6) is 0 Å². The van der Waals surface area contributed by atoms with E-state index in [0.29, 0.717) is 6.54 Å². The van der Waals surface area contributed by atoms with Crippen molar-refractivity contribution in [3.63, 3.8) is 0 Å². The predicted octanol–water partition coefficient (Wildman–Crippen LogP) is 2.35. The van der Waals surface area contributed by atoms with Crippen LogP contribution >= 0.6 is 0 Å². The van der Waals surface area contributed by atoms with Gasteiger partial charge in [-0.25, -0.2) is 0 Å². The fraction of sp³-hybridized carbons (Fsp3) is 0.200. The van der Waals surface area contributed by atoms with Crippen molar-refractivity contribution in [3.8, 4) is 0 Å². The number of amides is 2. The van der Waals surface area contributed by atoms with E-state index in [1.54, 1.807) is 13.1 Å². The number of hydrogen-bond acceptors (Lipinski definition) is 3. The molecule has 2 aliphatic heterocycles. The summed E-state index contributed by atoms with van der Waals surface area (Å²) in [6.07, 6.45) is 14.4. The van der Waals surface area contributed by atoms with Crippen LogP contribution in [0, 0.1) is 0 Å². The van der Waals surface area contributed by atoms with Crippen LogP contribution < -0.4 is 0 Å². The van der Waals surface area contributed by atoms with E-state index >= 15 is 0 Å². The zero-order chi connectivity index (χ0) is 14.3. The molecular weight excluding hydrogens is 240 g/mol. The molecule has 0 aromatic rings. The molecule has 0 aromatic heterocycles. The summed E-state index contributed by atoms with van der Waals surface area (Å²) in [4.78, 5) is 24.4. The minimum Gasteiger partial charge on any atom is -0.331 e. The molecule has 2 aliphatic rings. The van der Waals surface area contributed by atoms with Crippen LogP contribution in [0.4, 0.5) is 0 Å². The molecule has 100 valence electrons. The number of carbonyl (C=O) groups is 2. The first-order chi connectivity index (χ1) is 9.08. The van der Waals surface area contributed by atoms with Gasteiger partial charge in [-0.15, -0.1) is 0 Å². The Morgan fingerprint density at radius 3 is 2.26 bits per heavy atom. The van der Waals surface area contributed by atoms with Crippen molar-refractivity contribution in [2.75, 3.05) is 6.54 Å². The second kappa shape index (κ2) is 7.16. The Labute approximate surface area is 113 Å². The third-order valence-corrected chi connectivity index (χ3v) is 2.51. The molecule has 0 unspecified atom stereocenters. The fourth-order valence-electron chi connectivity index (χ4n) is 1.53. The van der Waals surface area contributed by atoms with Gasteiger partial charge in [0.2, 0.25) is 0 Å².